The van der Waals surface area contributed by atoms with E-state index in [4.69, 9.17) is 0 Å². The van der Waals surface area contributed by atoms with Crippen LogP contribution in [-0.2, 0) is 25.8 Å². The van der Waals surface area contributed by atoms with Crippen LogP contribution in [0.15, 0.2) is 0 Å². The Morgan fingerprint density at radius 1 is 0.360 bits per heavy atom. The van der Waals surface area contributed by atoms with Crippen molar-refractivity contribution >= 4 is 0 Å². The summed E-state index contributed by atoms with van der Waals surface area (Å²) >= 11 is 0. The smallest absolute Gasteiger partial charge is 0.668 e. The summed E-state index contributed by atoms with van der Waals surface area (Å²) in [5.74, 6) is 0. The molecule has 0 radical (unpaired) electrons. The summed E-state index contributed by atoms with van der Waals surface area (Å²) in [6, 6.07) is 3.00. The first-order valence-electron chi connectivity index (χ1n) is 9.37. The van der Waals surface area contributed by atoms with E-state index in [-0.39, 0.29) is 25.8 Å². The number of nitrogens with zero attached hydrogens (tertiary/aromatic N) is 4. The van der Waals surface area contributed by atoms with Crippen LogP contribution in [0.1, 0.15) is 83.1 Å². The molecular formula is C20H48HfN4. The standard InChI is InChI=1S/3C6H14N.C2H6N.Hf/c3*1-5(2)7-6(3)4;1-3-2;/h3*5-6H,1-4H3;1-2H3;/q4*-1;+4. The van der Waals surface area contributed by atoms with Crippen molar-refractivity contribution in [3.63, 3.8) is 0 Å². The molecule has 0 aromatic rings. The fourth-order valence-corrected chi connectivity index (χ4v) is 1.79. The van der Waals surface area contributed by atoms with Gasteiger partial charge in [-0.15, -0.1) is 36.3 Å². The summed E-state index contributed by atoms with van der Waals surface area (Å²) in [5, 5.41) is 16.3. The van der Waals surface area contributed by atoms with Crippen molar-refractivity contribution in [2.45, 2.75) is 119 Å². The number of rotatable bonds is 6. The molecule has 25 heavy (non-hydrogen) atoms. The van der Waals surface area contributed by atoms with E-state index < -0.39 is 0 Å². The Morgan fingerprint density at radius 3 is 0.440 bits per heavy atom. The Bertz CT molecular complexity index is 155. The summed E-state index contributed by atoms with van der Waals surface area (Å²) in [4.78, 5) is 0. The van der Waals surface area contributed by atoms with Crippen LogP contribution in [0.3, 0.4) is 0 Å². The fraction of sp³-hybridized carbons (Fsp3) is 1.00. The SMILES string of the molecule is CC(C)[N-]C(C)C.CC(C)[N-]C(C)C.CC(C)[N-]C(C)C.C[N-]C.[Hf+4]. The summed E-state index contributed by atoms with van der Waals surface area (Å²) in [7, 11) is 3.50. The molecule has 0 unspecified atom stereocenters. The molecule has 0 spiro atoms. The second-order valence-electron chi connectivity index (χ2n) is 7.46. The summed E-state index contributed by atoms with van der Waals surface area (Å²) < 4.78 is 0. The topological polar surface area (TPSA) is 56.4 Å². The third kappa shape index (κ3) is 78.9. The summed E-state index contributed by atoms with van der Waals surface area (Å²) in [5.41, 5.74) is 0. The quantitative estimate of drug-likeness (QED) is 0.333. The third-order valence-electron chi connectivity index (χ3n) is 1.79. The molecule has 0 aromatic heterocycles. The van der Waals surface area contributed by atoms with Crippen LogP contribution in [0.2, 0.25) is 0 Å². The Kier molecular flexibility index (Phi) is 39.4. The second kappa shape index (κ2) is 26.9. The first kappa shape index (κ1) is 36.6. The van der Waals surface area contributed by atoms with Gasteiger partial charge < -0.3 is 21.3 Å². The molecule has 0 N–H and O–H groups in total. The molecule has 5 heteroatoms. The van der Waals surface area contributed by atoms with Crippen LogP contribution in [0, 0.1) is 0 Å². The fourth-order valence-electron chi connectivity index (χ4n) is 1.79. The Morgan fingerprint density at radius 2 is 0.440 bits per heavy atom. The van der Waals surface area contributed by atoms with Gasteiger partial charge in [-0.2, -0.15) is 14.1 Å². The van der Waals surface area contributed by atoms with Gasteiger partial charge in [0.25, 0.3) is 0 Å². The van der Waals surface area contributed by atoms with Gasteiger partial charge in [0, 0.05) is 0 Å². The third-order valence-corrected chi connectivity index (χ3v) is 1.79. The van der Waals surface area contributed by atoms with Gasteiger partial charge in [-0.05, 0) is 0 Å². The van der Waals surface area contributed by atoms with Crippen molar-refractivity contribution in [3.05, 3.63) is 21.3 Å². The van der Waals surface area contributed by atoms with Crippen molar-refractivity contribution in [2.24, 2.45) is 0 Å². The Balaban J connectivity index is -0.0000000727. The average Bonchev–Trinajstić information content (AvgIpc) is 2.24. The van der Waals surface area contributed by atoms with Gasteiger partial charge in [-0.1, -0.05) is 83.1 Å². The van der Waals surface area contributed by atoms with Gasteiger partial charge in [0.1, 0.15) is 0 Å². The zero-order chi connectivity index (χ0) is 20.3. The predicted octanol–water partition coefficient (Wildman–Crippen LogP) is 7.15. The van der Waals surface area contributed by atoms with Crippen LogP contribution in [0.4, 0.5) is 0 Å². The molecule has 0 bridgehead atoms. The van der Waals surface area contributed by atoms with Gasteiger partial charge in [0.15, 0.2) is 0 Å². The van der Waals surface area contributed by atoms with Crippen LogP contribution < -0.4 is 0 Å². The summed E-state index contributed by atoms with van der Waals surface area (Å²) in [6.07, 6.45) is 0. The maximum absolute atomic E-state index is 4.28. The van der Waals surface area contributed by atoms with Gasteiger partial charge in [-0.3, -0.25) is 0 Å². The molecule has 0 amide bonds. The van der Waals surface area contributed by atoms with E-state index in [2.05, 4.69) is 104 Å². The minimum absolute atomic E-state index is 0. The van der Waals surface area contributed by atoms with Crippen LogP contribution in [0.5, 0.6) is 0 Å². The molecule has 0 aliphatic carbocycles. The van der Waals surface area contributed by atoms with Crippen LogP contribution in [0.25, 0.3) is 21.3 Å². The van der Waals surface area contributed by atoms with Crippen molar-refractivity contribution in [2.75, 3.05) is 14.1 Å². The zero-order valence-electron chi connectivity index (χ0n) is 19.8. The van der Waals surface area contributed by atoms with Crippen molar-refractivity contribution in [1.29, 1.82) is 0 Å². The maximum Gasteiger partial charge on any atom is 4.00 e. The first-order valence-corrected chi connectivity index (χ1v) is 9.37. The van der Waals surface area contributed by atoms with E-state index in [0.717, 1.165) is 0 Å². The molecule has 0 aliphatic heterocycles. The zero-order valence-corrected chi connectivity index (χ0v) is 23.3. The molecule has 0 saturated carbocycles. The molecule has 0 rings (SSSR count). The van der Waals surface area contributed by atoms with E-state index in [1.807, 2.05) is 0 Å². The van der Waals surface area contributed by atoms with E-state index in [0.29, 0.717) is 36.3 Å². The van der Waals surface area contributed by atoms with E-state index in [1.165, 1.54) is 0 Å². The van der Waals surface area contributed by atoms with E-state index >= 15 is 0 Å². The number of hydrogen-bond donors (Lipinski definition) is 0. The van der Waals surface area contributed by atoms with Gasteiger partial charge in [0.05, 0.1) is 0 Å². The molecule has 0 atom stereocenters. The van der Waals surface area contributed by atoms with Gasteiger partial charge >= 0.3 is 25.8 Å². The molecule has 0 fully saturated rings. The van der Waals surface area contributed by atoms with E-state index in [1.54, 1.807) is 14.1 Å². The minimum atomic E-state index is 0. The molecule has 0 aromatic carbocycles. The average molecular weight is 523 g/mol. The predicted molar refractivity (Wildman–Crippen MR) is 116 cm³/mol. The molecule has 152 valence electrons. The Labute approximate surface area is 180 Å². The minimum Gasteiger partial charge on any atom is -0.668 e. The van der Waals surface area contributed by atoms with E-state index in [9.17, 15) is 0 Å². The molecule has 4 nitrogen and oxygen atoms in total. The largest absolute Gasteiger partial charge is 4.00 e. The monoisotopic (exact) mass is 524 g/mol. The number of hydrogen-bond acceptors (Lipinski definition) is 0. The van der Waals surface area contributed by atoms with Gasteiger partial charge in [-0.25, -0.2) is 0 Å². The molecule has 0 saturated heterocycles. The molecular weight excluding hydrogens is 475 g/mol. The summed E-state index contributed by atoms with van der Waals surface area (Å²) in [6.45, 7) is 25.2. The second-order valence-corrected chi connectivity index (χ2v) is 7.46. The van der Waals surface area contributed by atoms with Crippen LogP contribution >= 0.6 is 0 Å². The normalized spacial score (nSPS) is 10.1. The Hall–Kier alpha value is 0.710. The van der Waals surface area contributed by atoms with Crippen molar-refractivity contribution in [3.8, 4) is 0 Å². The maximum atomic E-state index is 4.28. The van der Waals surface area contributed by atoms with Crippen LogP contribution in [-0.4, -0.2) is 50.3 Å². The van der Waals surface area contributed by atoms with Crippen molar-refractivity contribution < 1.29 is 25.8 Å². The van der Waals surface area contributed by atoms with Crippen molar-refractivity contribution in [1.82, 2.24) is 0 Å². The molecule has 0 aliphatic rings. The first-order chi connectivity index (χ1) is 10.8. The molecule has 0 heterocycles. The van der Waals surface area contributed by atoms with Gasteiger partial charge in [0.2, 0.25) is 0 Å².